The van der Waals surface area contributed by atoms with Crippen molar-refractivity contribution >= 4 is 16.9 Å². The largest absolute Gasteiger partial charge is 0.458 e. The van der Waals surface area contributed by atoms with E-state index in [0.717, 1.165) is 38.9 Å². The number of hydrogen-bond acceptors (Lipinski definition) is 5. The predicted octanol–water partition coefficient (Wildman–Crippen LogP) is 5.80. The molecular weight excluding hydrogens is 474 g/mol. The summed E-state index contributed by atoms with van der Waals surface area (Å²) >= 11 is 0. The number of fused-ring (bicyclic) bond motifs is 1. The number of primary amides is 1. The molecule has 38 heavy (non-hydrogen) atoms. The highest BCUT2D eigenvalue weighted by Gasteiger charge is 2.34. The first-order valence-electron chi connectivity index (χ1n) is 12.6. The smallest absolute Gasteiger partial charge is 0.225 e. The minimum Gasteiger partial charge on any atom is -0.458 e. The van der Waals surface area contributed by atoms with E-state index in [0.29, 0.717) is 17.0 Å². The number of benzene rings is 3. The Hall–Kier alpha value is -4.29. The molecule has 192 valence electrons. The van der Waals surface area contributed by atoms with Gasteiger partial charge in [0.15, 0.2) is 5.60 Å². The van der Waals surface area contributed by atoms with Gasteiger partial charge in [-0.3, -0.25) is 4.79 Å². The third kappa shape index (κ3) is 4.71. The van der Waals surface area contributed by atoms with Gasteiger partial charge in [-0.25, -0.2) is 9.97 Å². The SMILES string of the molecule is Cc1ccc([C@H](c2ccccc2)C(C(N)=O)c2ccc3oc(C(C)(O)c4cc(C)ncn4)cc3c2)c(C)c1. The monoisotopic (exact) mass is 505 g/mol. The van der Waals surface area contributed by atoms with Gasteiger partial charge in [0.2, 0.25) is 5.91 Å². The average Bonchev–Trinajstić information content (AvgIpc) is 3.32. The van der Waals surface area contributed by atoms with E-state index in [4.69, 9.17) is 10.2 Å². The lowest BCUT2D eigenvalue weighted by atomic mass is 9.75. The number of carbonyl (C=O) groups excluding carboxylic acids is 1. The summed E-state index contributed by atoms with van der Waals surface area (Å²) in [5.41, 5.74) is 11.6. The molecule has 2 heterocycles. The molecule has 0 saturated carbocycles. The van der Waals surface area contributed by atoms with Gasteiger partial charge in [0, 0.05) is 17.0 Å². The van der Waals surface area contributed by atoms with Crippen LogP contribution in [0.25, 0.3) is 11.0 Å². The van der Waals surface area contributed by atoms with Crippen molar-refractivity contribution in [1.82, 2.24) is 9.97 Å². The molecule has 0 aliphatic heterocycles. The standard InChI is InChI=1S/C32H31N3O3/c1-19-10-12-25(20(2)14-19)29(22-8-6-5-7-9-22)30(31(33)36)23-11-13-26-24(16-23)17-28(38-26)32(4,37)27-15-21(3)34-18-35-27/h5-18,29-30,37H,1-4H3,(H2,33,36)/t29-,30?,32?/m0/s1. The van der Waals surface area contributed by atoms with Crippen molar-refractivity contribution in [2.24, 2.45) is 5.73 Å². The van der Waals surface area contributed by atoms with Crippen LogP contribution in [0.15, 0.2) is 89.6 Å². The molecule has 0 aliphatic carbocycles. The highest BCUT2D eigenvalue weighted by molar-refractivity contribution is 5.87. The van der Waals surface area contributed by atoms with Gasteiger partial charge < -0.3 is 15.3 Å². The lowest BCUT2D eigenvalue weighted by molar-refractivity contribution is -0.119. The fourth-order valence-corrected chi connectivity index (χ4v) is 5.25. The van der Waals surface area contributed by atoms with Crippen LogP contribution in [0, 0.1) is 20.8 Å². The summed E-state index contributed by atoms with van der Waals surface area (Å²) < 4.78 is 6.06. The summed E-state index contributed by atoms with van der Waals surface area (Å²) in [5, 5.41) is 12.1. The second-order valence-corrected chi connectivity index (χ2v) is 10.2. The van der Waals surface area contributed by atoms with Crippen LogP contribution >= 0.6 is 0 Å². The van der Waals surface area contributed by atoms with E-state index in [9.17, 15) is 9.90 Å². The van der Waals surface area contributed by atoms with Crippen LogP contribution in [0.2, 0.25) is 0 Å². The van der Waals surface area contributed by atoms with Gasteiger partial charge in [-0.2, -0.15) is 0 Å². The third-order valence-corrected chi connectivity index (χ3v) is 7.24. The molecule has 0 saturated heterocycles. The Morgan fingerprint density at radius 1 is 0.921 bits per heavy atom. The number of aryl methyl sites for hydroxylation is 3. The molecule has 6 heteroatoms. The Bertz CT molecular complexity index is 1620. The Morgan fingerprint density at radius 3 is 2.37 bits per heavy atom. The molecule has 3 aromatic carbocycles. The quantitative estimate of drug-likeness (QED) is 0.291. The number of hydrogen-bond donors (Lipinski definition) is 2. The van der Waals surface area contributed by atoms with Crippen molar-refractivity contribution in [1.29, 1.82) is 0 Å². The van der Waals surface area contributed by atoms with Crippen LogP contribution in [0.5, 0.6) is 0 Å². The lowest BCUT2D eigenvalue weighted by Crippen LogP contribution is -2.28. The summed E-state index contributed by atoms with van der Waals surface area (Å²) in [5.74, 6) is -0.950. The molecular formula is C32H31N3O3. The highest BCUT2D eigenvalue weighted by atomic mass is 16.4. The maximum Gasteiger partial charge on any atom is 0.225 e. The number of carbonyl (C=O) groups is 1. The summed E-state index contributed by atoms with van der Waals surface area (Å²) in [7, 11) is 0. The number of amides is 1. The van der Waals surface area contributed by atoms with E-state index < -0.39 is 17.4 Å². The Balaban J connectivity index is 1.63. The van der Waals surface area contributed by atoms with E-state index in [1.54, 1.807) is 19.1 Å². The van der Waals surface area contributed by atoms with Crippen LogP contribution in [-0.4, -0.2) is 21.0 Å². The zero-order valence-corrected chi connectivity index (χ0v) is 22.0. The van der Waals surface area contributed by atoms with Crippen LogP contribution in [0.1, 0.15) is 63.7 Å². The predicted molar refractivity (Wildman–Crippen MR) is 148 cm³/mol. The van der Waals surface area contributed by atoms with E-state index in [1.165, 1.54) is 6.33 Å². The second-order valence-electron chi connectivity index (χ2n) is 10.2. The lowest BCUT2D eigenvalue weighted by Gasteiger charge is -2.28. The van der Waals surface area contributed by atoms with E-state index in [2.05, 4.69) is 42.0 Å². The van der Waals surface area contributed by atoms with E-state index in [1.807, 2.05) is 55.5 Å². The molecule has 5 rings (SSSR count). The maximum atomic E-state index is 13.1. The van der Waals surface area contributed by atoms with Gasteiger partial charge in [0.25, 0.3) is 0 Å². The molecule has 3 N–H and O–H groups in total. The van der Waals surface area contributed by atoms with Gasteiger partial charge in [0.05, 0.1) is 11.6 Å². The van der Waals surface area contributed by atoms with Crippen LogP contribution in [-0.2, 0) is 10.4 Å². The summed E-state index contributed by atoms with van der Waals surface area (Å²) in [6.07, 6.45) is 1.42. The fourth-order valence-electron chi connectivity index (χ4n) is 5.25. The van der Waals surface area contributed by atoms with Crippen molar-refractivity contribution < 1.29 is 14.3 Å². The van der Waals surface area contributed by atoms with Crippen molar-refractivity contribution in [2.45, 2.75) is 45.1 Å². The summed E-state index contributed by atoms with van der Waals surface area (Å²) in [6.45, 7) is 7.61. The first kappa shape index (κ1) is 25.4. The maximum absolute atomic E-state index is 13.1. The Morgan fingerprint density at radius 2 is 1.68 bits per heavy atom. The normalized spacial score (nSPS) is 14.7. The first-order valence-corrected chi connectivity index (χ1v) is 12.6. The molecule has 0 radical (unpaired) electrons. The van der Waals surface area contributed by atoms with Crippen LogP contribution in [0.4, 0.5) is 0 Å². The van der Waals surface area contributed by atoms with Gasteiger partial charge in [-0.05, 0) is 74.2 Å². The highest BCUT2D eigenvalue weighted by Crippen LogP contribution is 2.41. The molecule has 6 nitrogen and oxygen atoms in total. The number of nitrogens with two attached hydrogens (primary N) is 1. The van der Waals surface area contributed by atoms with Gasteiger partial charge in [0.1, 0.15) is 17.7 Å². The topological polar surface area (TPSA) is 102 Å². The van der Waals surface area contributed by atoms with Crippen LogP contribution < -0.4 is 5.73 Å². The molecule has 2 aromatic heterocycles. The van der Waals surface area contributed by atoms with Gasteiger partial charge in [-0.1, -0.05) is 60.2 Å². The zero-order valence-electron chi connectivity index (χ0n) is 22.0. The summed E-state index contributed by atoms with van der Waals surface area (Å²) in [4.78, 5) is 21.5. The van der Waals surface area contributed by atoms with Crippen molar-refractivity contribution in [3.8, 4) is 0 Å². The number of aromatic nitrogens is 2. The Labute approximate surface area is 222 Å². The summed E-state index contributed by atoms with van der Waals surface area (Å²) in [6, 6.07) is 25.5. The molecule has 0 aliphatic rings. The molecule has 1 amide bonds. The molecule has 0 spiro atoms. The minimum atomic E-state index is -1.46. The van der Waals surface area contributed by atoms with Crippen molar-refractivity contribution in [2.75, 3.05) is 0 Å². The van der Waals surface area contributed by atoms with Crippen LogP contribution in [0.3, 0.4) is 0 Å². The van der Waals surface area contributed by atoms with E-state index in [-0.39, 0.29) is 5.92 Å². The molecule has 0 fully saturated rings. The number of rotatable bonds is 7. The first-order chi connectivity index (χ1) is 18.1. The fraction of sp³-hybridized carbons (Fsp3) is 0.219. The molecule has 0 bridgehead atoms. The second kappa shape index (κ2) is 9.88. The van der Waals surface area contributed by atoms with Crippen molar-refractivity contribution in [3.63, 3.8) is 0 Å². The van der Waals surface area contributed by atoms with Gasteiger partial charge >= 0.3 is 0 Å². The molecule has 2 unspecified atom stereocenters. The number of nitrogens with zero attached hydrogens (tertiary/aromatic N) is 2. The minimum absolute atomic E-state index is 0.273. The third-order valence-electron chi connectivity index (χ3n) is 7.24. The zero-order chi connectivity index (χ0) is 27.0. The Kier molecular flexibility index (Phi) is 6.59. The molecule has 5 aromatic rings. The number of aliphatic hydroxyl groups is 1. The molecule has 3 atom stereocenters. The van der Waals surface area contributed by atoms with Crippen molar-refractivity contribution in [3.05, 3.63) is 130 Å². The number of furan rings is 1. The van der Waals surface area contributed by atoms with E-state index >= 15 is 0 Å². The average molecular weight is 506 g/mol. The van der Waals surface area contributed by atoms with Gasteiger partial charge in [-0.15, -0.1) is 0 Å².